The summed E-state index contributed by atoms with van der Waals surface area (Å²) in [5, 5.41) is 17.9. The van der Waals surface area contributed by atoms with Crippen molar-refractivity contribution in [3.05, 3.63) is 0 Å². The lowest BCUT2D eigenvalue weighted by molar-refractivity contribution is -0.143. The van der Waals surface area contributed by atoms with Crippen LogP contribution in [0.3, 0.4) is 0 Å². The molecule has 1 amide bonds. The van der Waals surface area contributed by atoms with E-state index in [-0.39, 0.29) is 0 Å². The summed E-state index contributed by atoms with van der Waals surface area (Å²) >= 11 is 0. The molecular formula is C4H8N2O4. The van der Waals surface area contributed by atoms with Gasteiger partial charge in [0, 0.05) is 0 Å². The minimum atomic E-state index is -1.91. The maximum atomic E-state index is 10.1. The summed E-state index contributed by atoms with van der Waals surface area (Å²) in [6.45, 7) is 1.05. The van der Waals surface area contributed by atoms with Crippen LogP contribution in [0.1, 0.15) is 6.92 Å². The number of carboxylic acids is 1. The average Bonchev–Trinajstić information content (AvgIpc) is 1.60. The van der Waals surface area contributed by atoms with E-state index in [0.29, 0.717) is 0 Å². The highest BCUT2D eigenvalue weighted by molar-refractivity contribution is 5.82. The smallest absolute Gasteiger partial charge is 0.406 e. The average molecular weight is 148 g/mol. The first-order valence-electron chi connectivity index (χ1n) is 2.39. The molecule has 0 saturated heterocycles. The molecule has 5 N–H and O–H groups in total. The summed E-state index contributed by atoms with van der Waals surface area (Å²) in [5.41, 5.74) is 3.06. The van der Waals surface area contributed by atoms with Crippen molar-refractivity contribution in [1.82, 2.24) is 5.32 Å². The van der Waals surface area contributed by atoms with Crippen LogP contribution < -0.4 is 11.1 Å². The van der Waals surface area contributed by atoms with Crippen LogP contribution in [0.5, 0.6) is 0 Å². The fourth-order valence-corrected chi connectivity index (χ4v) is 0.276. The maximum absolute atomic E-state index is 10.1. The van der Waals surface area contributed by atoms with Gasteiger partial charge < -0.3 is 10.2 Å². The minimum absolute atomic E-state index is 1.05. The minimum Gasteiger partial charge on any atom is -0.479 e. The second-order valence-electron chi connectivity index (χ2n) is 1.94. The van der Waals surface area contributed by atoms with E-state index in [9.17, 15) is 9.59 Å². The van der Waals surface area contributed by atoms with E-state index in [4.69, 9.17) is 15.9 Å². The first kappa shape index (κ1) is 8.70. The molecule has 6 heteroatoms. The molecule has 10 heavy (non-hydrogen) atoms. The van der Waals surface area contributed by atoms with E-state index >= 15 is 0 Å². The third kappa shape index (κ3) is 2.31. The van der Waals surface area contributed by atoms with Gasteiger partial charge in [-0.15, -0.1) is 0 Å². The topological polar surface area (TPSA) is 113 Å². The number of amides is 1. The molecule has 0 heterocycles. The molecule has 6 nitrogen and oxygen atoms in total. The highest BCUT2D eigenvalue weighted by Gasteiger charge is 2.29. The SMILES string of the molecule is CC(N)(NC(=O)O)C(=O)O. The summed E-state index contributed by atoms with van der Waals surface area (Å²) in [7, 11) is 0. The zero-order valence-electron chi connectivity index (χ0n) is 5.29. The third-order valence-electron chi connectivity index (χ3n) is 0.811. The summed E-state index contributed by atoms with van der Waals surface area (Å²) in [6, 6.07) is 0. The second-order valence-corrected chi connectivity index (χ2v) is 1.94. The van der Waals surface area contributed by atoms with E-state index in [1.165, 1.54) is 0 Å². The fourth-order valence-electron chi connectivity index (χ4n) is 0.276. The van der Waals surface area contributed by atoms with Crippen LogP contribution in [0.2, 0.25) is 0 Å². The number of carbonyl (C=O) groups is 2. The van der Waals surface area contributed by atoms with Crippen LogP contribution in [0.15, 0.2) is 0 Å². The predicted molar refractivity (Wildman–Crippen MR) is 31.4 cm³/mol. The highest BCUT2D eigenvalue weighted by atomic mass is 16.4. The Morgan fingerprint density at radius 1 is 1.50 bits per heavy atom. The second kappa shape index (κ2) is 2.53. The first-order valence-corrected chi connectivity index (χ1v) is 2.39. The molecule has 0 saturated carbocycles. The van der Waals surface area contributed by atoms with Gasteiger partial charge in [0.15, 0.2) is 5.66 Å². The molecule has 0 radical (unpaired) electrons. The fraction of sp³-hybridized carbons (Fsp3) is 0.500. The molecule has 0 aromatic heterocycles. The number of nitrogens with two attached hydrogens (primary N) is 1. The van der Waals surface area contributed by atoms with Crippen molar-refractivity contribution >= 4 is 12.1 Å². The van der Waals surface area contributed by atoms with Gasteiger partial charge in [0.05, 0.1) is 0 Å². The highest BCUT2D eigenvalue weighted by Crippen LogP contribution is 1.91. The van der Waals surface area contributed by atoms with Gasteiger partial charge >= 0.3 is 12.1 Å². The number of aliphatic carboxylic acids is 1. The first-order chi connectivity index (χ1) is 4.36. The zero-order chi connectivity index (χ0) is 8.36. The lowest BCUT2D eigenvalue weighted by atomic mass is 10.2. The Morgan fingerprint density at radius 2 is 1.90 bits per heavy atom. The van der Waals surface area contributed by atoms with E-state index in [1.807, 2.05) is 0 Å². The normalized spacial score (nSPS) is 15.4. The largest absolute Gasteiger partial charge is 0.479 e. The molecule has 0 aliphatic heterocycles. The predicted octanol–water partition coefficient (Wildman–Crippen LogP) is -0.986. The molecule has 0 aromatic rings. The summed E-state index contributed by atoms with van der Waals surface area (Å²) in [6.07, 6.45) is -1.47. The molecule has 1 atom stereocenters. The van der Waals surface area contributed by atoms with Gasteiger partial charge in [-0.3, -0.25) is 11.1 Å². The molecule has 0 spiro atoms. The number of hydrogen-bond donors (Lipinski definition) is 4. The van der Waals surface area contributed by atoms with Gasteiger partial charge in [0.1, 0.15) is 0 Å². The zero-order valence-corrected chi connectivity index (χ0v) is 5.29. The molecule has 0 bridgehead atoms. The Labute approximate surface area is 56.6 Å². The molecule has 0 aromatic carbocycles. The van der Waals surface area contributed by atoms with Crippen molar-refractivity contribution in [2.45, 2.75) is 12.6 Å². The number of rotatable bonds is 2. The Bertz CT molecular complexity index is 165. The van der Waals surface area contributed by atoms with Crippen LogP contribution in [0.4, 0.5) is 4.79 Å². The van der Waals surface area contributed by atoms with Gasteiger partial charge in [-0.2, -0.15) is 0 Å². The summed E-state index contributed by atoms with van der Waals surface area (Å²) in [5.74, 6) is -1.42. The van der Waals surface area contributed by atoms with E-state index in [1.54, 1.807) is 5.32 Å². The van der Waals surface area contributed by atoms with Gasteiger partial charge in [-0.1, -0.05) is 0 Å². The Kier molecular flexibility index (Phi) is 2.20. The quantitative estimate of drug-likeness (QED) is 0.376. The molecule has 0 aliphatic carbocycles. The lowest BCUT2D eigenvalue weighted by Gasteiger charge is -2.17. The van der Waals surface area contributed by atoms with Crippen molar-refractivity contribution < 1.29 is 19.8 Å². The standard InChI is InChI=1S/C4H8N2O4/c1-4(5,2(7)8)6-3(9)10/h6H,5H2,1H3,(H,7,8)(H,9,10). The third-order valence-corrected chi connectivity index (χ3v) is 0.811. The number of carboxylic acid groups (broad SMARTS) is 2. The van der Waals surface area contributed by atoms with Crippen LogP contribution >= 0.6 is 0 Å². The van der Waals surface area contributed by atoms with E-state index in [2.05, 4.69) is 0 Å². The lowest BCUT2D eigenvalue weighted by Crippen LogP contribution is -2.58. The number of hydrogen-bond acceptors (Lipinski definition) is 3. The van der Waals surface area contributed by atoms with Gasteiger partial charge in [-0.05, 0) is 6.92 Å². The molecule has 1 unspecified atom stereocenters. The van der Waals surface area contributed by atoms with Gasteiger partial charge in [0.2, 0.25) is 0 Å². The van der Waals surface area contributed by atoms with Gasteiger partial charge in [-0.25, -0.2) is 9.59 Å². The molecule has 0 rings (SSSR count). The van der Waals surface area contributed by atoms with Crippen LogP contribution in [-0.4, -0.2) is 27.9 Å². The summed E-state index contributed by atoms with van der Waals surface area (Å²) in [4.78, 5) is 20.0. The molecule has 58 valence electrons. The van der Waals surface area contributed by atoms with Gasteiger partial charge in [0.25, 0.3) is 0 Å². The summed E-state index contributed by atoms with van der Waals surface area (Å²) < 4.78 is 0. The monoisotopic (exact) mass is 148 g/mol. The Morgan fingerprint density at radius 3 is 2.00 bits per heavy atom. The van der Waals surface area contributed by atoms with Crippen LogP contribution in [0, 0.1) is 0 Å². The van der Waals surface area contributed by atoms with Crippen LogP contribution in [0.25, 0.3) is 0 Å². The maximum Gasteiger partial charge on any atom is 0.406 e. The van der Waals surface area contributed by atoms with E-state index in [0.717, 1.165) is 6.92 Å². The van der Waals surface area contributed by atoms with Crippen molar-refractivity contribution in [3.63, 3.8) is 0 Å². The van der Waals surface area contributed by atoms with Crippen molar-refractivity contribution in [1.29, 1.82) is 0 Å². The molecular weight excluding hydrogens is 140 g/mol. The van der Waals surface area contributed by atoms with Crippen molar-refractivity contribution in [3.8, 4) is 0 Å². The van der Waals surface area contributed by atoms with Crippen molar-refractivity contribution in [2.75, 3.05) is 0 Å². The van der Waals surface area contributed by atoms with E-state index < -0.39 is 17.7 Å². The molecule has 0 aliphatic rings. The Balaban J connectivity index is 4.13. The molecule has 0 fully saturated rings. The van der Waals surface area contributed by atoms with Crippen LogP contribution in [-0.2, 0) is 4.79 Å². The Hall–Kier alpha value is -1.30. The van der Waals surface area contributed by atoms with Crippen molar-refractivity contribution in [2.24, 2.45) is 5.73 Å². The number of nitrogens with one attached hydrogen (secondary N) is 1.